The minimum absolute atomic E-state index is 0.0645. The van der Waals surface area contributed by atoms with E-state index >= 15 is 0 Å². The molecule has 0 unspecified atom stereocenters. The van der Waals surface area contributed by atoms with Crippen LogP contribution in [0.15, 0.2) is 0 Å². The van der Waals surface area contributed by atoms with Gasteiger partial charge in [0.05, 0.1) is 0 Å². The Labute approximate surface area is 348 Å². The molecule has 0 aromatic heterocycles. The molecule has 6 nitrogen and oxygen atoms in total. The van der Waals surface area contributed by atoms with Gasteiger partial charge in [-0.25, -0.2) is 0 Å². The van der Waals surface area contributed by atoms with E-state index in [0.29, 0.717) is 19.3 Å². The molecule has 0 aromatic rings. The van der Waals surface area contributed by atoms with Crippen molar-refractivity contribution in [2.45, 2.75) is 284 Å². The molecule has 0 radical (unpaired) electrons. The van der Waals surface area contributed by atoms with Crippen molar-refractivity contribution in [3.05, 3.63) is 0 Å². The highest BCUT2D eigenvalue weighted by molar-refractivity contribution is 5.71. The predicted molar refractivity (Wildman–Crippen MR) is 238 cm³/mol. The fourth-order valence-electron chi connectivity index (χ4n) is 7.51. The molecular weight excluding hydrogens is 697 g/mol. The highest BCUT2D eigenvalue weighted by Crippen LogP contribution is 2.17. The Morgan fingerprint density at radius 1 is 0.339 bits per heavy atom. The smallest absolute Gasteiger partial charge is 0.306 e. The summed E-state index contributed by atoms with van der Waals surface area (Å²) in [5.74, 6) is -0.00444. The second-order valence-corrected chi connectivity index (χ2v) is 17.6. The van der Waals surface area contributed by atoms with E-state index in [0.717, 1.165) is 70.1 Å². The lowest BCUT2D eigenvalue weighted by Gasteiger charge is -2.18. The molecule has 0 amide bonds. The summed E-state index contributed by atoms with van der Waals surface area (Å²) in [4.78, 5) is 37.5. The first kappa shape index (κ1) is 54.4. The fraction of sp³-hybridized carbons (Fsp3) is 0.940. The van der Waals surface area contributed by atoms with Crippen molar-refractivity contribution in [1.29, 1.82) is 0 Å². The van der Waals surface area contributed by atoms with Gasteiger partial charge in [-0.1, -0.05) is 240 Å². The molecule has 0 saturated heterocycles. The zero-order chi connectivity index (χ0) is 41.0. The van der Waals surface area contributed by atoms with E-state index in [-0.39, 0.29) is 31.1 Å². The van der Waals surface area contributed by atoms with Crippen LogP contribution >= 0.6 is 0 Å². The topological polar surface area (TPSA) is 78.9 Å². The molecule has 56 heavy (non-hydrogen) atoms. The molecule has 6 heteroatoms. The van der Waals surface area contributed by atoms with Gasteiger partial charge in [0.25, 0.3) is 0 Å². The average molecular weight is 793 g/mol. The summed E-state index contributed by atoms with van der Waals surface area (Å²) in [6.07, 6.45) is 45.6. The van der Waals surface area contributed by atoms with Gasteiger partial charge in [-0.3, -0.25) is 14.4 Å². The number of rotatable bonds is 45. The van der Waals surface area contributed by atoms with E-state index in [1.54, 1.807) is 0 Å². The summed E-state index contributed by atoms with van der Waals surface area (Å²) < 4.78 is 16.6. The Bertz CT molecular complexity index is 841. The Morgan fingerprint density at radius 2 is 0.589 bits per heavy atom. The minimum Gasteiger partial charge on any atom is -0.462 e. The molecule has 0 N–H and O–H groups in total. The van der Waals surface area contributed by atoms with Crippen molar-refractivity contribution < 1.29 is 28.6 Å². The zero-order valence-corrected chi connectivity index (χ0v) is 38.1. The summed E-state index contributed by atoms with van der Waals surface area (Å²) in [5, 5.41) is 0. The Kier molecular flexibility index (Phi) is 43.2. The second kappa shape index (κ2) is 44.5. The lowest BCUT2D eigenvalue weighted by Crippen LogP contribution is -2.30. The summed E-state index contributed by atoms with van der Waals surface area (Å²) in [7, 11) is 0. The molecule has 0 heterocycles. The number of unbranched alkanes of at least 4 members (excludes halogenated alkanes) is 32. The van der Waals surface area contributed by atoms with Crippen molar-refractivity contribution in [2.24, 2.45) is 5.92 Å². The monoisotopic (exact) mass is 793 g/mol. The van der Waals surface area contributed by atoms with Gasteiger partial charge in [-0.05, 0) is 25.2 Å². The molecule has 0 spiro atoms. The van der Waals surface area contributed by atoms with Gasteiger partial charge in [-0.15, -0.1) is 0 Å². The number of ether oxygens (including phenoxy) is 3. The first-order valence-electron chi connectivity index (χ1n) is 24.9. The number of hydrogen-bond donors (Lipinski definition) is 0. The highest BCUT2D eigenvalue weighted by Gasteiger charge is 2.19. The van der Waals surface area contributed by atoms with Crippen molar-refractivity contribution in [3.8, 4) is 0 Å². The second-order valence-electron chi connectivity index (χ2n) is 17.6. The maximum atomic E-state index is 12.5. The maximum Gasteiger partial charge on any atom is 0.306 e. The summed E-state index contributed by atoms with van der Waals surface area (Å²) in [5.41, 5.74) is 0. The third-order valence-electron chi connectivity index (χ3n) is 11.3. The van der Waals surface area contributed by atoms with Gasteiger partial charge in [0, 0.05) is 19.3 Å². The van der Waals surface area contributed by atoms with Crippen LogP contribution in [-0.4, -0.2) is 37.2 Å². The van der Waals surface area contributed by atoms with Crippen LogP contribution < -0.4 is 0 Å². The van der Waals surface area contributed by atoms with Gasteiger partial charge in [0.1, 0.15) is 13.2 Å². The molecule has 0 aliphatic rings. The third-order valence-corrected chi connectivity index (χ3v) is 11.3. The summed E-state index contributed by atoms with van der Waals surface area (Å²) in [6.45, 7) is 8.95. The fourth-order valence-corrected chi connectivity index (χ4v) is 7.51. The average Bonchev–Trinajstić information content (AvgIpc) is 3.18. The molecule has 0 bridgehead atoms. The molecule has 332 valence electrons. The van der Waals surface area contributed by atoms with Gasteiger partial charge in [-0.2, -0.15) is 0 Å². The molecule has 0 rings (SSSR count). The Balaban J connectivity index is 4.01. The highest BCUT2D eigenvalue weighted by atomic mass is 16.6. The van der Waals surface area contributed by atoms with Crippen LogP contribution in [0.3, 0.4) is 0 Å². The van der Waals surface area contributed by atoms with Crippen molar-refractivity contribution in [1.82, 2.24) is 0 Å². The van der Waals surface area contributed by atoms with Crippen LogP contribution in [0, 0.1) is 5.92 Å². The van der Waals surface area contributed by atoms with Crippen molar-refractivity contribution in [3.63, 3.8) is 0 Å². The number of hydrogen-bond acceptors (Lipinski definition) is 6. The first-order valence-corrected chi connectivity index (χ1v) is 24.9. The van der Waals surface area contributed by atoms with E-state index in [1.165, 1.54) is 167 Å². The largest absolute Gasteiger partial charge is 0.462 e. The summed E-state index contributed by atoms with van der Waals surface area (Å²) >= 11 is 0. The molecule has 0 aliphatic heterocycles. The van der Waals surface area contributed by atoms with E-state index in [2.05, 4.69) is 27.7 Å². The van der Waals surface area contributed by atoms with Gasteiger partial charge < -0.3 is 14.2 Å². The lowest BCUT2D eigenvalue weighted by atomic mass is 10.0. The molecule has 0 fully saturated rings. The van der Waals surface area contributed by atoms with Crippen molar-refractivity contribution in [2.75, 3.05) is 13.2 Å². The number of esters is 3. The Hall–Kier alpha value is -1.59. The predicted octanol–water partition coefficient (Wildman–Crippen LogP) is 15.9. The minimum atomic E-state index is -0.757. The zero-order valence-electron chi connectivity index (χ0n) is 38.1. The molecule has 1 atom stereocenters. The van der Waals surface area contributed by atoms with Crippen LogP contribution in [0.5, 0.6) is 0 Å². The normalized spacial score (nSPS) is 11.9. The third kappa shape index (κ3) is 43.5. The Morgan fingerprint density at radius 3 is 0.875 bits per heavy atom. The van der Waals surface area contributed by atoms with Crippen LogP contribution in [-0.2, 0) is 28.6 Å². The van der Waals surface area contributed by atoms with E-state index in [1.807, 2.05) is 0 Å². The first-order chi connectivity index (χ1) is 27.4. The SMILES string of the molecule is CCCCCCCCCCCCCCC(=O)OC[C@H](COC(=O)CCCCCCCCCCCCCCCCCCCCC(C)C)OC(=O)CCCCCCC. The van der Waals surface area contributed by atoms with Crippen LogP contribution in [0.25, 0.3) is 0 Å². The molecule has 0 saturated carbocycles. The maximum absolute atomic E-state index is 12.5. The summed E-state index contributed by atoms with van der Waals surface area (Å²) in [6, 6.07) is 0. The molecule has 0 aliphatic carbocycles. The molecule has 0 aromatic carbocycles. The van der Waals surface area contributed by atoms with Crippen LogP contribution in [0.4, 0.5) is 0 Å². The number of carbonyl (C=O) groups is 3. The lowest BCUT2D eigenvalue weighted by molar-refractivity contribution is -0.167. The van der Waals surface area contributed by atoms with E-state index in [9.17, 15) is 14.4 Å². The van der Waals surface area contributed by atoms with E-state index in [4.69, 9.17) is 14.2 Å². The van der Waals surface area contributed by atoms with Crippen molar-refractivity contribution >= 4 is 17.9 Å². The van der Waals surface area contributed by atoms with Crippen LogP contribution in [0.2, 0.25) is 0 Å². The number of carbonyl (C=O) groups excluding carboxylic acids is 3. The van der Waals surface area contributed by atoms with Gasteiger partial charge in [0.2, 0.25) is 0 Å². The standard InChI is InChI=1S/C50H96O6/c1-5-7-9-11-12-13-14-24-27-30-34-37-41-48(51)54-44-47(56-50(53)43-39-32-10-8-6-2)45-55-49(52)42-38-35-31-28-25-22-20-18-16-15-17-19-21-23-26-29-33-36-40-46(3)4/h46-47H,5-45H2,1-4H3/t47-/m1/s1. The van der Waals surface area contributed by atoms with Crippen LogP contribution in [0.1, 0.15) is 278 Å². The van der Waals surface area contributed by atoms with Gasteiger partial charge >= 0.3 is 17.9 Å². The quantitative estimate of drug-likeness (QED) is 0.0347. The van der Waals surface area contributed by atoms with E-state index < -0.39 is 6.10 Å². The molecular formula is C50H96O6. The van der Waals surface area contributed by atoms with Gasteiger partial charge in [0.15, 0.2) is 6.10 Å².